The Kier molecular flexibility index (Phi) is 5.92. The molecule has 6 heteroatoms. The number of nitrogens with one attached hydrogen (secondary N) is 2. The van der Waals surface area contributed by atoms with Gasteiger partial charge in [-0.2, -0.15) is 0 Å². The van der Waals surface area contributed by atoms with Crippen LogP contribution in [0.1, 0.15) is 39.2 Å². The van der Waals surface area contributed by atoms with Crippen molar-refractivity contribution >= 4 is 22.0 Å². The van der Waals surface area contributed by atoms with Crippen molar-refractivity contribution in [2.24, 2.45) is 5.92 Å². The average Bonchev–Trinajstić information content (AvgIpc) is 3.24. The SMILES string of the molecule is CC(C)(C)OC(=O)NC(CNCc1cc(Br)ccc1O)C1CC1. The van der Waals surface area contributed by atoms with Gasteiger partial charge in [0.2, 0.25) is 0 Å². The monoisotopic (exact) mass is 384 g/mol. The van der Waals surface area contributed by atoms with Crippen molar-refractivity contribution < 1.29 is 14.6 Å². The lowest BCUT2D eigenvalue weighted by molar-refractivity contribution is 0.0497. The highest BCUT2D eigenvalue weighted by Gasteiger charge is 2.33. The summed E-state index contributed by atoms with van der Waals surface area (Å²) in [5.74, 6) is 0.773. The molecule has 1 aromatic rings. The Bertz CT molecular complexity index is 553. The largest absolute Gasteiger partial charge is 0.508 e. The first-order valence-corrected chi connectivity index (χ1v) is 8.71. The average molecular weight is 385 g/mol. The lowest BCUT2D eigenvalue weighted by Crippen LogP contribution is -2.45. The minimum absolute atomic E-state index is 0.0548. The summed E-state index contributed by atoms with van der Waals surface area (Å²) in [4.78, 5) is 11.9. The fourth-order valence-electron chi connectivity index (χ4n) is 2.35. The number of carbonyl (C=O) groups excluding carboxylic acids is 1. The minimum atomic E-state index is -0.492. The van der Waals surface area contributed by atoms with Gasteiger partial charge in [0.25, 0.3) is 0 Å². The van der Waals surface area contributed by atoms with Crippen molar-refractivity contribution in [1.29, 1.82) is 0 Å². The Labute approximate surface area is 145 Å². The zero-order chi connectivity index (χ0) is 17.0. The van der Waals surface area contributed by atoms with Crippen molar-refractivity contribution in [2.45, 2.75) is 51.8 Å². The van der Waals surface area contributed by atoms with Gasteiger partial charge in [-0.05, 0) is 57.7 Å². The van der Waals surface area contributed by atoms with Crippen LogP contribution >= 0.6 is 15.9 Å². The predicted octanol–water partition coefficient (Wildman–Crippen LogP) is 3.55. The second-order valence-electron chi connectivity index (χ2n) is 6.99. The first-order chi connectivity index (χ1) is 10.7. The molecule has 0 heterocycles. The van der Waals surface area contributed by atoms with Gasteiger partial charge in [0, 0.05) is 29.2 Å². The molecule has 5 nitrogen and oxygen atoms in total. The summed E-state index contributed by atoms with van der Waals surface area (Å²) < 4.78 is 6.25. The van der Waals surface area contributed by atoms with E-state index in [2.05, 4.69) is 26.6 Å². The number of ether oxygens (including phenoxy) is 1. The number of benzene rings is 1. The van der Waals surface area contributed by atoms with Gasteiger partial charge in [0.1, 0.15) is 11.4 Å². The standard InChI is InChI=1S/C17H25BrN2O3/c1-17(2,3)23-16(22)20-14(11-4-5-11)10-19-9-12-8-13(18)6-7-15(12)21/h6-8,11,14,19,21H,4-5,9-10H2,1-3H3,(H,20,22). The maximum Gasteiger partial charge on any atom is 0.407 e. The molecular weight excluding hydrogens is 360 g/mol. The molecule has 128 valence electrons. The predicted molar refractivity (Wildman–Crippen MR) is 93.4 cm³/mol. The topological polar surface area (TPSA) is 70.6 Å². The molecule has 0 spiro atoms. The van der Waals surface area contributed by atoms with E-state index in [9.17, 15) is 9.90 Å². The van der Waals surface area contributed by atoms with E-state index in [0.717, 1.165) is 22.9 Å². The molecule has 0 aromatic heterocycles. The third-order valence-corrected chi connectivity index (χ3v) is 4.11. The second-order valence-corrected chi connectivity index (χ2v) is 7.91. The van der Waals surface area contributed by atoms with Crippen LogP contribution in [0.4, 0.5) is 4.79 Å². The summed E-state index contributed by atoms with van der Waals surface area (Å²) in [5, 5.41) is 16.1. The van der Waals surface area contributed by atoms with E-state index in [4.69, 9.17) is 4.74 Å². The summed E-state index contributed by atoms with van der Waals surface area (Å²) in [7, 11) is 0. The smallest absolute Gasteiger partial charge is 0.407 e. The summed E-state index contributed by atoms with van der Waals surface area (Å²) in [6.07, 6.45) is 1.88. The normalized spacial score (nSPS) is 16.0. The number of phenolic OH excluding ortho intramolecular Hbond substituents is 1. The summed E-state index contributed by atoms with van der Waals surface area (Å²) >= 11 is 3.40. The second kappa shape index (κ2) is 7.53. The van der Waals surface area contributed by atoms with Crippen molar-refractivity contribution in [3.8, 4) is 5.75 Å². The molecule has 1 saturated carbocycles. The van der Waals surface area contributed by atoms with Crippen LogP contribution in [-0.2, 0) is 11.3 Å². The number of alkyl carbamates (subject to hydrolysis) is 1. The molecule has 2 rings (SSSR count). The Morgan fingerprint density at radius 1 is 1.43 bits per heavy atom. The van der Waals surface area contributed by atoms with Gasteiger partial charge in [-0.1, -0.05) is 15.9 Å². The van der Waals surface area contributed by atoms with Gasteiger partial charge in [-0.25, -0.2) is 4.79 Å². The Morgan fingerprint density at radius 3 is 2.74 bits per heavy atom. The molecule has 3 N–H and O–H groups in total. The highest BCUT2D eigenvalue weighted by atomic mass is 79.9. The van der Waals surface area contributed by atoms with Crippen LogP contribution in [0, 0.1) is 5.92 Å². The highest BCUT2D eigenvalue weighted by molar-refractivity contribution is 9.10. The van der Waals surface area contributed by atoms with Crippen LogP contribution in [-0.4, -0.2) is 29.4 Å². The number of phenols is 1. The summed E-state index contributed by atoms with van der Waals surface area (Å²) in [5.41, 5.74) is 0.333. The van der Waals surface area contributed by atoms with Crippen LogP contribution in [0.3, 0.4) is 0 Å². The maximum atomic E-state index is 11.9. The minimum Gasteiger partial charge on any atom is -0.508 e. The van der Waals surface area contributed by atoms with Crippen LogP contribution in [0.25, 0.3) is 0 Å². The third kappa shape index (κ3) is 6.39. The summed E-state index contributed by atoms with van der Waals surface area (Å²) in [6, 6.07) is 5.41. The first kappa shape index (κ1) is 18.1. The van der Waals surface area contributed by atoms with Gasteiger partial charge in [-0.15, -0.1) is 0 Å². The Morgan fingerprint density at radius 2 is 2.13 bits per heavy atom. The van der Waals surface area contributed by atoms with Crippen molar-refractivity contribution in [2.75, 3.05) is 6.54 Å². The van der Waals surface area contributed by atoms with Crippen molar-refractivity contribution in [3.63, 3.8) is 0 Å². The van der Waals surface area contributed by atoms with E-state index >= 15 is 0 Å². The van der Waals surface area contributed by atoms with Gasteiger partial charge < -0.3 is 20.5 Å². The molecule has 0 radical (unpaired) electrons. The highest BCUT2D eigenvalue weighted by Crippen LogP contribution is 2.32. The quantitative estimate of drug-likeness (QED) is 0.701. The lowest BCUT2D eigenvalue weighted by Gasteiger charge is -2.24. The zero-order valence-electron chi connectivity index (χ0n) is 13.9. The van der Waals surface area contributed by atoms with E-state index < -0.39 is 5.60 Å². The van der Waals surface area contributed by atoms with Gasteiger partial charge >= 0.3 is 6.09 Å². The number of halogens is 1. The molecule has 1 amide bonds. The molecule has 1 aromatic carbocycles. The van der Waals surface area contributed by atoms with E-state index in [1.165, 1.54) is 0 Å². The lowest BCUT2D eigenvalue weighted by atomic mass is 10.1. The molecular formula is C17H25BrN2O3. The van der Waals surface area contributed by atoms with E-state index in [-0.39, 0.29) is 17.9 Å². The molecule has 0 bridgehead atoms. The first-order valence-electron chi connectivity index (χ1n) is 7.92. The molecule has 23 heavy (non-hydrogen) atoms. The van der Waals surface area contributed by atoms with Gasteiger partial charge in [0.15, 0.2) is 0 Å². The molecule has 0 aliphatic heterocycles. The van der Waals surface area contributed by atoms with Crippen molar-refractivity contribution in [1.82, 2.24) is 10.6 Å². The Hall–Kier alpha value is -1.27. The number of hydrogen-bond acceptors (Lipinski definition) is 4. The van der Waals surface area contributed by atoms with Crippen LogP contribution < -0.4 is 10.6 Å². The molecule has 1 fully saturated rings. The third-order valence-electron chi connectivity index (χ3n) is 3.61. The molecule has 1 aliphatic rings. The maximum absolute atomic E-state index is 11.9. The fraction of sp³-hybridized carbons (Fsp3) is 0.588. The zero-order valence-corrected chi connectivity index (χ0v) is 15.4. The van der Waals surface area contributed by atoms with Crippen LogP contribution in [0.5, 0.6) is 5.75 Å². The van der Waals surface area contributed by atoms with E-state index in [1.54, 1.807) is 12.1 Å². The number of amides is 1. The molecule has 1 aliphatic carbocycles. The number of hydrogen-bond donors (Lipinski definition) is 3. The van der Waals surface area contributed by atoms with E-state index in [1.807, 2.05) is 26.8 Å². The van der Waals surface area contributed by atoms with Gasteiger partial charge in [-0.3, -0.25) is 0 Å². The number of carbonyl (C=O) groups is 1. The van der Waals surface area contributed by atoms with Crippen LogP contribution in [0.2, 0.25) is 0 Å². The van der Waals surface area contributed by atoms with Crippen molar-refractivity contribution in [3.05, 3.63) is 28.2 Å². The molecule has 1 atom stereocenters. The number of aromatic hydroxyl groups is 1. The molecule has 0 saturated heterocycles. The molecule has 1 unspecified atom stereocenters. The van der Waals surface area contributed by atoms with Crippen LogP contribution in [0.15, 0.2) is 22.7 Å². The Balaban J connectivity index is 1.83. The fourth-order valence-corrected chi connectivity index (χ4v) is 2.76. The summed E-state index contributed by atoms with van der Waals surface area (Å²) in [6.45, 7) is 6.76. The van der Waals surface area contributed by atoms with Gasteiger partial charge in [0.05, 0.1) is 0 Å². The number of rotatable bonds is 6. The van der Waals surface area contributed by atoms with E-state index in [0.29, 0.717) is 19.0 Å².